The minimum Gasteiger partial charge on any atom is -0.451 e. The van der Waals surface area contributed by atoms with Crippen LogP contribution < -0.4 is 0 Å². The van der Waals surface area contributed by atoms with Gasteiger partial charge in [-0.2, -0.15) is 13.2 Å². The van der Waals surface area contributed by atoms with Gasteiger partial charge in [-0.3, -0.25) is 0 Å². The molecule has 0 spiro atoms. The number of hydrogen-bond donors (Lipinski definition) is 0. The predicted molar refractivity (Wildman–Crippen MR) is 51.6 cm³/mol. The molecule has 0 saturated heterocycles. The third kappa shape index (κ3) is 3.25. The molecule has 0 bridgehead atoms. The second kappa shape index (κ2) is 5.01. The number of carbonyl (C=O) groups is 1. The zero-order valence-electron chi connectivity index (χ0n) is 8.62. The van der Waals surface area contributed by atoms with Crippen molar-refractivity contribution in [1.29, 1.82) is 0 Å². The van der Waals surface area contributed by atoms with Gasteiger partial charge >= 0.3 is 12.1 Å². The largest absolute Gasteiger partial charge is 0.490 e. The number of ether oxygens (including phenoxy) is 1. The van der Waals surface area contributed by atoms with Crippen LogP contribution in [-0.2, 0) is 9.53 Å². The lowest BCUT2D eigenvalue weighted by Gasteiger charge is -2.17. The van der Waals surface area contributed by atoms with Crippen molar-refractivity contribution < 1.29 is 22.7 Å². The number of halogens is 3. The van der Waals surface area contributed by atoms with Crippen LogP contribution in [0.15, 0.2) is 30.3 Å². The Morgan fingerprint density at radius 3 is 2.31 bits per heavy atom. The van der Waals surface area contributed by atoms with E-state index >= 15 is 0 Å². The summed E-state index contributed by atoms with van der Waals surface area (Å²) in [6.07, 6.45) is -5.50. The minimum absolute atomic E-state index is 0.297. The maximum absolute atomic E-state index is 12.0. The summed E-state index contributed by atoms with van der Waals surface area (Å²) >= 11 is 0. The van der Waals surface area contributed by atoms with Gasteiger partial charge in [-0.05, 0) is 12.0 Å². The number of esters is 1. The molecule has 0 amide bonds. The highest BCUT2D eigenvalue weighted by Gasteiger charge is 2.42. The van der Waals surface area contributed by atoms with E-state index in [0.29, 0.717) is 12.0 Å². The summed E-state index contributed by atoms with van der Waals surface area (Å²) in [5, 5.41) is 0. The van der Waals surface area contributed by atoms with Gasteiger partial charge in [0.2, 0.25) is 0 Å². The molecule has 0 N–H and O–H groups in total. The molecule has 0 heterocycles. The van der Waals surface area contributed by atoms with Gasteiger partial charge < -0.3 is 4.74 Å². The summed E-state index contributed by atoms with van der Waals surface area (Å²) in [7, 11) is 0. The topological polar surface area (TPSA) is 26.3 Å². The van der Waals surface area contributed by atoms with Gasteiger partial charge in [-0.15, -0.1) is 0 Å². The number of hydrogen-bond acceptors (Lipinski definition) is 2. The van der Waals surface area contributed by atoms with Crippen LogP contribution in [0.5, 0.6) is 0 Å². The van der Waals surface area contributed by atoms with Crippen LogP contribution in [0.1, 0.15) is 25.0 Å². The number of alkyl halides is 3. The molecule has 1 aromatic carbocycles. The first-order chi connectivity index (χ1) is 7.45. The average molecular weight is 232 g/mol. The van der Waals surface area contributed by atoms with Crippen LogP contribution in [0.3, 0.4) is 0 Å². The third-order valence-electron chi connectivity index (χ3n) is 2.02. The Morgan fingerprint density at radius 2 is 1.88 bits per heavy atom. The molecule has 0 aliphatic carbocycles. The van der Waals surface area contributed by atoms with E-state index < -0.39 is 18.2 Å². The Kier molecular flexibility index (Phi) is 3.93. The minimum atomic E-state index is -4.94. The molecular formula is C11H11F3O2. The zero-order valence-corrected chi connectivity index (χ0v) is 8.62. The van der Waals surface area contributed by atoms with Crippen molar-refractivity contribution in [2.24, 2.45) is 0 Å². The normalized spacial score (nSPS) is 13.2. The Balaban J connectivity index is 2.75. The van der Waals surface area contributed by atoms with E-state index in [2.05, 4.69) is 4.74 Å². The fourth-order valence-corrected chi connectivity index (χ4v) is 1.25. The zero-order chi connectivity index (χ0) is 12.2. The van der Waals surface area contributed by atoms with Crippen molar-refractivity contribution in [3.63, 3.8) is 0 Å². The Bertz CT molecular complexity index is 346. The molecule has 1 atom stereocenters. The molecule has 1 rings (SSSR count). The van der Waals surface area contributed by atoms with Crippen LogP contribution in [0.25, 0.3) is 0 Å². The van der Waals surface area contributed by atoms with Crippen molar-refractivity contribution in [2.45, 2.75) is 25.6 Å². The van der Waals surface area contributed by atoms with Crippen LogP contribution in [0.4, 0.5) is 13.2 Å². The van der Waals surface area contributed by atoms with Crippen LogP contribution in [0.2, 0.25) is 0 Å². The standard InChI is InChI=1S/C11H11F3O2/c1-2-9(8-6-4-3-5-7-8)16-10(15)11(12,13)14/h3-7,9H,2H2,1H3. The molecule has 0 fully saturated rings. The van der Waals surface area contributed by atoms with E-state index in [1.165, 1.54) is 0 Å². The molecule has 0 aromatic heterocycles. The van der Waals surface area contributed by atoms with E-state index in [-0.39, 0.29) is 0 Å². The van der Waals surface area contributed by atoms with Crippen molar-refractivity contribution in [1.82, 2.24) is 0 Å². The monoisotopic (exact) mass is 232 g/mol. The highest BCUT2D eigenvalue weighted by atomic mass is 19.4. The smallest absolute Gasteiger partial charge is 0.451 e. The van der Waals surface area contributed by atoms with Crippen molar-refractivity contribution in [2.75, 3.05) is 0 Å². The molecule has 0 radical (unpaired) electrons. The summed E-state index contributed by atoms with van der Waals surface area (Å²) in [6, 6.07) is 8.34. The number of carbonyl (C=O) groups excluding carboxylic acids is 1. The maximum atomic E-state index is 12.0. The van der Waals surface area contributed by atoms with Crippen molar-refractivity contribution in [3.8, 4) is 0 Å². The first kappa shape index (κ1) is 12.5. The fourth-order valence-electron chi connectivity index (χ4n) is 1.25. The van der Waals surface area contributed by atoms with Gasteiger partial charge in [0.05, 0.1) is 0 Å². The van der Waals surface area contributed by atoms with Gasteiger partial charge in [0.15, 0.2) is 0 Å². The van der Waals surface area contributed by atoms with Gasteiger partial charge in [0.1, 0.15) is 6.10 Å². The van der Waals surface area contributed by atoms with Gasteiger partial charge in [-0.25, -0.2) is 4.79 Å². The second-order valence-corrected chi connectivity index (χ2v) is 3.21. The number of rotatable bonds is 3. The lowest BCUT2D eigenvalue weighted by molar-refractivity contribution is -0.205. The SMILES string of the molecule is CCC(OC(=O)C(F)(F)F)c1ccccc1. The molecule has 0 aliphatic heterocycles. The quantitative estimate of drug-likeness (QED) is 0.748. The molecule has 16 heavy (non-hydrogen) atoms. The molecular weight excluding hydrogens is 221 g/mol. The lowest BCUT2D eigenvalue weighted by Crippen LogP contribution is -2.27. The van der Waals surface area contributed by atoms with Crippen molar-refractivity contribution in [3.05, 3.63) is 35.9 Å². The summed E-state index contributed by atoms with van der Waals surface area (Å²) < 4.78 is 40.3. The molecule has 88 valence electrons. The molecule has 1 unspecified atom stereocenters. The fraction of sp³-hybridized carbons (Fsp3) is 0.364. The Hall–Kier alpha value is -1.52. The molecule has 2 nitrogen and oxygen atoms in total. The summed E-state index contributed by atoms with van der Waals surface area (Å²) in [4.78, 5) is 10.7. The van der Waals surface area contributed by atoms with E-state index in [9.17, 15) is 18.0 Å². The molecule has 5 heteroatoms. The van der Waals surface area contributed by atoms with Crippen LogP contribution in [-0.4, -0.2) is 12.1 Å². The van der Waals surface area contributed by atoms with E-state index in [4.69, 9.17) is 0 Å². The Labute approximate surface area is 91.0 Å². The van der Waals surface area contributed by atoms with Crippen LogP contribution >= 0.6 is 0 Å². The highest BCUT2D eigenvalue weighted by molar-refractivity contribution is 5.75. The van der Waals surface area contributed by atoms with Crippen molar-refractivity contribution >= 4 is 5.97 Å². The summed E-state index contributed by atoms with van der Waals surface area (Å²) in [5.74, 6) is -2.15. The number of benzene rings is 1. The molecule has 0 aliphatic rings. The third-order valence-corrected chi connectivity index (χ3v) is 2.02. The van der Waals surface area contributed by atoms with Crippen LogP contribution in [0, 0.1) is 0 Å². The van der Waals surface area contributed by atoms with Gasteiger partial charge in [0.25, 0.3) is 0 Å². The van der Waals surface area contributed by atoms with Gasteiger partial charge in [-0.1, -0.05) is 37.3 Å². The van der Waals surface area contributed by atoms with E-state index in [1.807, 2.05) is 0 Å². The van der Waals surface area contributed by atoms with E-state index in [0.717, 1.165) is 0 Å². The molecule has 1 aromatic rings. The Morgan fingerprint density at radius 1 is 1.31 bits per heavy atom. The summed E-state index contributed by atoms with van der Waals surface area (Å²) in [5.41, 5.74) is 0.558. The van der Waals surface area contributed by atoms with Gasteiger partial charge in [0, 0.05) is 0 Å². The first-order valence-electron chi connectivity index (χ1n) is 4.78. The lowest BCUT2D eigenvalue weighted by atomic mass is 10.1. The highest BCUT2D eigenvalue weighted by Crippen LogP contribution is 2.25. The van der Waals surface area contributed by atoms with E-state index in [1.54, 1.807) is 37.3 Å². The first-order valence-corrected chi connectivity index (χ1v) is 4.78. The maximum Gasteiger partial charge on any atom is 0.490 e. The average Bonchev–Trinajstić information content (AvgIpc) is 2.25. The summed E-state index contributed by atoms with van der Waals surface area (Å²) in [6.45, 7) is 1.65. The second-order valence-electron chi connectivity index (χ2n) is 3.21. The predicted octanol–water partition coefficient (Wildman–Crippen LogP) is 3.24. The molecule has 0 saturated carbocycles.